The molecule has 2 aromatic rings. The molecule has 0 saturated carbocycles. The maximum Gasteiger partial charge on any atom is 0.335 e. The zero-order valence-electron chi connectivity index (χ0n) is 16.2. The minimum absolute atomic E-state index is 0.0279. The molecule has 6 heteroatoms. The first-order valence-electron chi connectivity index (χ1n) is 8.79. The highest BCUT2D eigenvalue weighted by molar-refractivity contribution is 5.87. The van der Waals surface area contributed by atoms with Crippen molar-refractivity contribution in [2.24, 2.45) is 0 Å². The largest absolute Gasteiger partial charge is 0.508 e. The molecule has 27 heavy (non-hydrogen) atoms. The number of carbonyl (C=O) groups is 1. The van der Waals surface area contributed by atoms with Crippen LogP contribution < -0.4 is 10.1 Å². The van der Waals surface area contributed by atoms with Crippen LogP contribution in [0.5, 0.6) is 11.5 Å². The summed E-state index contributed by atoms with van der Waals surface area (Å²) in [5.74, 6) is -0.236. The molecule has 0 saturated heterocycles. The molecule has 1 aromatic heterocycles. The predicted octanol–water partition coefficient (Wildman–Crippen LogP) is 3.97. The molecular formula is C21H28N2O4. The second-order valence-corrected chi connectivity index (χ2v) is 6.30. The van der Waals surface area contributed by atoms with Crippen LogP contribution in [0.2, 0.25) is 0 Å². The van der Waals surface area contributed by atoms with Crippen molar-refractivity contribution in [3.63, 3.8) is 0 Å². The van der Waals surface area contributed by atoms with E-state index in [0.29, 0.717) is 6.04 Å². The number of hydrogen-bond donors (Lipinski definition) is 3. The van der Waals surface area contributed by atoms with Crippen LogP contribution in [0, 0.1) is 0 Å². The molecule has 1 aromatic carbocycles. The van der Waals surface area contributed by atoms with Crippen molar-refractivity contribution < 1.29 is 19.7 Å². The Balaban J connectivity index is 0.000000309. The van der Waals surface area contributed by atoms with E-state index in [1.54, 1.807) is 6.20 Å². The number of benzene rings is 1. The van der Waals surface area contributed by atoms with Crippen molar-refractivity contribution in [3.8, 4) is 11.5 Å². The monoisotopic (exact) mass is 372 g/mol. The summed E-state index contributed by atoms with van der Waals surface area (Å²) in [6.45, 7) is 6.18. The Morgan fingerprint density at radius 3 is 2.56 bits per heavy atom. The standard InChI is InChI=1S/C14H22N2O.C7H6O3/c1-11(2)17-14-8-13(9-16-10-14)7-5-6-12(3)15-4;8-6-3-1-2-5(4-6)7(9)10/h5,7-12,15H,6H2,1-4H3;1-4,8H,(H,9,10)/b7-5+;/t12-;/m0./s1. The predicted molar refractivity (Wildman–Crippen MR) is 107 cm³/mol. The molecule has 1 atom stereocenters. The summed E-state index contributed by atoms with van der Waals surface area (Å²) in [5.41, 5.74) is 1.17. The number of ether oxygens (including phenoxy) is 1. The maximum absolute atomic E-state index is 10.2. The number of aromatic hydroxyl groups is 1. The van der Waals surface area contributed by atoms with Gasteiger partial charge in [-0.25, -0.2) is 4.79 Å². The van der Waals surface area contributed by atoms with Crippen molar-refractivity contribution in [2.45, 2.75) is 39.3 Å². The normalized spacial score (nSPS) is 11.7. The fourth-order valence-electron chi connectivity index (χ4n) is 2.03. The van der Waals surface area contributed by atoms with Crippen molar-refractivity contribution in [3.05, 3.63) is 59.9 Å². The van der Waals surface area contributed by atoms with E-state index in [9.17, 15) is 4.79 Å². The summed E-state index contributed by atoms with van der Waals surface area (Å²) in [5, 5.41) is 20.4. The topological polar surface area (TPSA) is 91.7 Å². The highest BCUT2D eigenvalue weighted by atomic mass is 16.5. The fraction of sp³-hybridized carbons (Fsp3) is 0.333. The van der Waals surface area contributed by atoms with Gasteiger partial charge in [-0.15, -0.1) is 0 Å². The Hall–Kier alpha value is -2.86. The molecule has 146 valence electrons. The summed E-state index contributed by atoms with van der Waals surface area (Å²) in [4.78, 5) is 14.4. The van der Waals surface area contributed by atoms with Crippen LogP contribution in [0.15, 0.2) is 48.8 Å². The van der Waals surface area contributed by atoms with Gasteiger partial charge in [0.25, 0.3) is 0 Å². The molecule has 2 rings (SSSR count). The third-order valence-electron chi connectivity index (χ3n) is 3.49. The van der Waals surface area contributed by atoms with Gasteiger partial charge in [0.05, 0.1) is 17.9 Å². The molecule has 1 heterocycles. The van der Waals surface area contributed by atoms with E-state index < -0.39 is 5.97 Å². The number of aromatic nitrogens is 1. The number of hydrogen-bond acceptors (Lipinski definition) is 5. The molecular weight excluding hydrogens is 344 g/mol. The van der Waals surface area contributed by atoms with E-state index in [-0.39, 0.29) is 17.4 Å². The summed E-state index contributed by atoms with van der Waals surface area (Å²) in [7, 11) is 1.97. The molecule has 0 aliphatic heterocycles. The van der Waals surface area contributed by atoms with Gasteiger partial charge >= 0.3 is 5.97 Å². The molecule has 0 fully saturated rings. The minimum Gasteiger partial charge on any atom is -0.508 e. The van der Waals surface area contributed by atoms with Crippen molar-refractivity contribution in [1.82, 2.24) is 10.3 Å². The Morgan fingerprint density at radius 1 is 1.26 bits per heavy atom. The molecule has 0 unspecified atom stereocenters. The van der Waals surface area contributed by atoms with E-state index in [4.69, 9.17) is 14.9 Å². The van der Waals surface area contributed by atoms with Gasteiger partial charge in [0.2, 0.25) is 0 Å². The van der Waals surface area contributed by atoms with Crippen molar-refractivity contribution >= 4 is 12.0 Å². The maximum atomic E-state index is 10.2. The third kappa shape index (κ3) is 9.42. The number of carboxylic acid groups (broad SMARTS) is 1. The van der Waals surface area contributed by atoms with Crippen LogP contribution in [0.4, 0.5) is 0 Å². The number of carboxylic acids is 1. The summed E-state index contributed by atoms with van der Waals surface area (Å²) in [6.07, 6.45) is 9.00. The molecule has 0 radical (unpaired) electrons. The first kappa shape index (κ1) is 22.2. The Kier molecular flexibility index (Phi) is 9.61. The zero-order valence-corrected chi connectivity index (χ0v) is 16.2. The number of phenols is 1. The summed E-state index contributed by atoms with van der Waals surface area (Å²) < 4.78 is 5.59. The lowest BCUT2D eigenvalue weighted by molar-refractivity contribution is 0.0696. The van der Waals surface area contributed by atoms with Gasteiger partial charge in [0.15, 0.2) is 0 Å². The van der Waals surface area contributed by atoms with Crippen LogP contribution in [0.25, 0.3) is 6.08 Å². The van der Waals surface area contributed by atoms with Gasteiger partial charge in [-0.3, -0.25) is 4.98 Å². The van der Waals surface area contributed by atoms with Crippen molar-refractivity contribution in [1.29, 1.82) is 0 Å². The fourth-order valence-corrected chi connectivity index (χ4v) is 2.03. The summed E-state index contributed by atoms with van der Waals surface area (Å²) in [6, 6.07) is 8.03. The molecule has 6 nitrogen and oxygen atoms in total. The van der Waals surface area contributed by atoms with E-state index in [1.165, 1.54) is 24.3 Å². The molecule has 3 N–H and O–H groups in total. The van der Waals surface area contributed by atoms with Crippen molar-refractivity contribution in [2.75, 3.05) is 7.05 Å². The Bertz CT molecular complexity index is 744. The third-order valence-corrected chi connectivity index (χ3v) is 3.49. The van der Waals surface area contributed by atoms with Crippen LogP contribution in [0.1, 0.15) is 43.1 Å². The molecule has 0 spiro atoms. The summed E-state index contributed by atoms with van der Waals surface area (Å²) >= 11 is 0. The average molecular weight is 372 g/mol. The van der Waals surface area contributed by atoms with Gasteiger partial charge in [0.1, 0.15) is 11.5 Å². The zero-order chi connectivity index (χ0) is 20.2. The number of pyridine rings is 1. The minimum atomic E-state index is -1.03. The van der Waals surface area contributed by atoms with E-state index in [0.717, 1.165) is 17.7 Å². The van der Waals surface area contributed by atoms with Gasteiger partial charge in [-0.2, -0.15) is 0 Å². The lowest BCUT2D eigenvalue weighted by Crippen LogP contribution is -2.19. The van der Waals surface area contributed by atoms with Gasteiger partial charge in [0, 0.05) is 12.2 Å². The molecule has 0 aliphatic carbocycles. The van der Waals surface area contributed by atoms with Gasteiger partial charge in [-0.1, -0.05) is 18.2 Å². The van der Waals surface area contributed by atoms with E-state index >= 15 is 0 Å². The first-order valence-corrected chi connectivity index (χ1v) is 8.79. The Labute approximate surface area is 160 Å². The quantitative estimate of drug-likeness (QED) is 0.681. The SMILES string of the molecule is CN[C@@H](C)C/C=C/c1cncc(OC(C)C)c1.O=C(O)c1cccc(O)c1. The lowest BCUT2D eigenvalue weighted by Gasteiger charge is -2.09. The van der Waals surface area contributed by atoms with Crippen LogP contribution in [0.3, 0.4) is 0 Å². The number of nitrogens with one attached hydrogen (secondary N) is 1. The van der Waals surface area contributed by atoms with Gasteiger partial charge in [-0.05, 0) is 64.1 Å². The second kappa shape index (κ2) is 11.7. The highest BCUT2D eigenvalue weighted by Crippen LogP contribution is 2.14. The van der Waals surface area contributed by atoms with Crippen LogP contribution in [-0.2, 0) is 0 Å². The Morgan fingerprint density at radius 2 is 2.00 bits per heavy atom. The number of phenolic OH excluding ortho intramolecular Hbond substituents is 1. The lowest BCUT2D eigenvalue weighted by atomic mass is 10.2. The van der Waals surface area contributed by atoms with Crippen LogP contribution in [-0.4, -0.2) is 40.4 Å². The first-order chi connectivity index (χ1) is 12.8. The number of rotatable bonds is 7. The van der Waals surface area contributed by atoms with E-state index in [2.05, 4.69) is 29.4 Å². The highest BCUT2D eigenvalue weighted by Gasteiger charge is 2.01. The van der Waals surface area contributed by atoms with Gasteiger partial charge < -0.3 is 20.3 Å². The number of aromatic carboxylic acids is 1. The second-order valence-electron chi connectivity index (χ2n) is 6.30. The molecule has 0 aliphatic rings. The smallest absolute Gasteiger partial charge is 0.335 e. The van der Waals surface area contributed by atoms with E-state index in [1.807, 2.05) is 33.2 Å². The molecule has 0 bridgehead atoms. The number of nitrogens with zero attached hydrogens (tertiary/aromatic N) is 1. The average Bonchev–Trinajstić information content (AvgIpc) is 2.62. The molecule has 0 amide bonds. The van der Waals surface area contributed by atoms with Crippen LogP contribution >= 0.6 is 0 Å².